The number of hydrogen-bond acceptors (Lipinski definition) is 1. The van der Waals surface area contributed by atoms with Crippen LogP contribution >= 0.6 is 0 Å². The lowest BCUT2D eigenvalue weighted by atomic mass is 9.86. The number of aryl methyl sites for hydroxylation is 2. The fourth-order valence-electron chi connectivity index (χ4n) is 2.98. The second-order valence-electron chi connectivity index (χ2n) is 7.62. The molecule has 1 atom stereocenters. The lowest BCUT2D eigenvalue weighted by Crippen LogP contribution is -2.28. The molecule has 0 aliphatic carbocycles. The molecule has 0 bridgehead atoms. The molecule has 1 N–H and O–H groups in total. The number of carbonyl (C=O) groups excluding carboxylic acids is 1. The van der Waals surface area contributed by atoms with Crippen molar-refractivity contribution >= 4 is 5.91 Å². The van der Waals surface area contributed by atoms with E-state index in [1.807, 2.05) is 24.3 Å². The first kappa shape index (κ1) is 18.3. The highest BCUT2D eigenvalue weighted by atomic mass is 16.1. The van der Waals surface area contributed by atoms with Gasteiger partial charge in [-0.15, -0.1) is 0 Å². The van der Waals surface area contributed by atoms with Gasteiger partial charge in [0.1, 0.15) is 0 Å². The molecule has 0 aliphatic rings. The van der Waals surface area contributed by atoms with Crippen LogP contribution in [0.5, 0.6) is 0 Å². The predicted octanol–water partition coefficient (Wildman–Crippen LogP) is 5.48. The first-order valence-corrected chi connectivity index (χ1v) is 8.71. The Morgan fingerprint density at radius 1 is 1.04 bits per heavy atom. The number of hydrogen-bond donors (Lipinski definition) is 1. The minimum Gasteiger partial charge on any atom is -0.345 e. The van der Waals surface area contributed by atoms with E-state index in [9.17, 15) is 4.79 Å². The number of benzene rings is 2. The van der Waals surface area contributed by atoms with Crippen molar-refractivity contribution < 1.29 is 4.79 Å². The zero-order chi connectivity index (χ0) is 17.9. The van der Waals surface area contributed by atoms with Crippen LogP contribution in [0.4, 0.5) is 0 Å². The van der Waals surface area contributed by atoms with E-state index in [1.165, 1.54) is 22.3 Å². The highest BCUT2D eigenvalue weighted by molar-refractivity contribution is 5.94. The molecule has 0 heterocycles. The fourth-order valence-corrected chi connectivity index (χ4v) is 2.98. The summed E-state index contributed by atoms with van der Waals surface area (Å²) in [5.41, 5.74) is 5.72. The fraction of sp³-hybridized carbons (Fsp3) is 0.409. The molecule has 0 spiro atoms. The lowest BCUT2D eigenvalue weighted by molar-refractivity contribution is 0.0935. The van der Waals surface area contributed by atoms with Crippen molar-refractivity contribution in [2.75, 3.05) is 0 Å². The topological polar surface area (TPSA) is 29.1 Å². The van der Waals surface area contributed by atoms with Crippen molar-refractivity contribution in [3.8, 4) is 0 Å². The number of amides is 1. The van der Waals surface area contributed by atoms with E-state index in [-0.39, 0.29) is 17.4 Å². The maximum atomic E-state index is 12.6. The zero-order valence-electron chi connectivity index (χ0n) is 15.7. The van der Waals surface area contributed by atoms with E-state index in [2.05, 4.69) is 65.1 Å². The SMILES string of the molecule is CC[C@@H](NC(=O)c1ccc(C(C)(C)C)cc1)c1ccc(C)cc1C. The van der Waals surface area contributed by atoms with Crippen LogP contribution in [0.2, 0.25) is 0 Å². The maximum absolute atomic E-state index is 12.6. The summed E-state index contributed by atoms with van der Waals surface area (Å²) in [4.78, 5) is 12.6. The molecular formula is C22H29NO. The predicted molar refractivity (Wildman–Crippen MR) is 102 cm³/mol. The monoisotopic (exact) mass is 323 g/mol. The number of carbonyl (C=O) groups is 1. The van der Waals surface area contributed by atoms with Crippen molar-refractivity contribution in [1.82, 2.24) is 5.32 Å². The highest BCUT2D eigenvalue weighted by Gasteiger charge is 2.17. The molecule has 0 aromatic heterocycles. The highest BCUT2D eigenvalue weighted by Crippen LogP contribution is 2.24. The Hall–Kier alpha value is -2.09. The Balaban J connectivity index is 2.17. The quantitative estimate of drug-likeness (QED) is 0.793. The van der Waals surface area contributed by atoms with Gasteiger partial charge in [-0.3, -0.25) is 4.79 Å². The van der Waals surface area contributed by atoms with Gasteiger partial charge in [-0.05, 0) is 54.5 Å². The Kier molecular flexibility index (Phi) is 5.48. The van der Waals surface area contributed by atoms with Gasteiger partial charge in [-0.25, -0.2) is 0 Å². The third-order valence-corrected chi connectivity index (χ3v) is 4.53. The summed E-state index contributed by atoms with van der Waals surface area (Å²) in [6, 6.07) is 14.4. The van der Waals surface area contributed by atoms with Crippen LogP contribution in [0.1, 0.15) is 72.8 Å². The lowest BCUT2D eigenvalue weighted by Gasteiger charge is -2.21. The second-order valence-corrected chi connectivity index (χ2v) is 7.62. The van der Waals surface area contributed by atoms with Gasteiger partial charge in [0.2, 0.25) is 0 Å². The maximum Gasteiger partial charge on any atom is 0.251 e. The van der Waals surface area contributed by atoms with Crippen molar-refractivity contribution in [2.45, 2.75) is 59.4 Å². The molecule has 0 saturated carbocycles. The molecule has 0 aliphatic heterocycles. The summed E-state index contributed by atoms with van der Waals surface area (Å²) < 4.78 is 0. The van der Waals surface area contributed by atoms with Crippen LogP contribution in [0.3, 0.4) is 0 Å². The molecule has 0 saturated heterocycles. The molecule has 2 heteroatoms. The van der Waals surface area contributed by atoms with Gasteiger partial charge in [0.25, 0.3) is 5.91 Å². The molecule has 24 heavy (non-hydrogen) atoms. The summed E-state index contributed by atoms with van der Waals surface area (Å²) in [5, 5.41) is 3.18. The summed E-state index contributed by atoms with van der Waals surface area (Å²) in [5.74, 6) is -0.0118. The Morgan fingerprint density at radius 3 is 2.17 bits per heavy atom. The molecule has 2 aromatic rings. The van der Waals surface area contributed by atoms with Gasteiger partial charge in [0, 0.05) is 5.56 Å². The van der Waals surface area contributed by atoms with E-state index >= 15 is 0 Å². The van der Waals surface area contributed by atoms with Gasteiger partial charge >= 0.3 is 0 Å². The molecular weight excluding hydrogens is 294 g/mol. The first-order chi connectivity index (χ1) is 11.2. The molecule has 0 radical (unpaired) electrons. The van der Waals surface area contributed by atoms with Crippen LogP contribution in [-0.4, -0.2) is 5.91 Å². The van der Waals surface area contributed by atoms with E-state index in [0.29, 0.717) is 5.56 Å². The van der Waals surface area contributed by atoms with Gasteiger partial charge in [0.15, 0.2) is 0 Å². The summed E-state index contributed by atoms with van der Waals surface area (Å²) >= 11 is 0. The van der Waals surface area contributed by atoms with E-state index in [4.69, 9.17) is 0 Å². The Labute approximate surface area is 146 Å². The van der Waals surface area contributed by atoms with Crippen molar-refractivity contribution in [3.05, 3.63) is 70.3 Å². The number of nitrogens with one attached hydrogen (secondary N) is 1. The van der Waals surface area contributed by atoms with Gasteiger partial charge in [-0.2, -0.15) is 0 Å². The third kappa shape index (κ3) is 4.25. The van der Waals surface area contributed by atoms with E-state index in [0.717, 1.165) is 6.42 Å². The normalized spacial score (nSPS) is 12.8. The van der Waals surface area contributed by atoms with Gasteiger partial charge in [-0.1, -0.05) is 63.6 Å². The Morgan fingerprint density at radius 2 is 1.67 bits per heavy atom. The third-order valence-electron chi connectivity index (χ3n) is 4.53. The van der Waals surface area contributed by atoms with E-state index < -0.39 is 0 Å². The van der Waals surface area contributed by atoms with Crippen LogP contribution < -0.4 is 5.32 Å². The minimum absolute atomic E-state index is 0.0118. The average molecular weight is 323 g/mol. The summed E-state index contributed by atoms with van der Waals surface area (Å²) in [6.45, 7) is 12.8. The largest absolute Gasteiger partial charge is 0.345 e. The molecule has 0 fully saturated rings. The van der Waals surface area contributed by atoms with Gasteiger partial charge in [0.05, 0.1) is 6.04 Å². The van der Waals surface area contributed by atoms with E-state index in [1.54, 1.807) is 0 Å². The molecule has 2 rings (SSSR count). The van der Waals surface area contributed by atoms with Crippen LogP contribution in [0.15, 0.2) is 42.5 Å². The minimum atomic E-state index is -0.0118. The molecule has 128 valence electrons. The number of rotatable bonds is 4. The van der Waals surface area contributed by atoms with Crippen LogP contribution in [0.25, 0.3) is 0 Å². The van der Waals surface area contributed by atoms with Crippen molar-refractivity contribution in [1.29, 1.82) is 0 Å². The van der Waals surface area contributed by atoms with Crippen LogP contribution in [-0.2, 0) is 5.41 Å². The van der Waals surface area contributed by atoms with Crippen molar-refractivity contribution in [2.24, 2.45) is 0 Å². The Bertz CT molecular complexity index is 708. The van der Waals surface area contributed by atoms with Crippen LogP contribution in [0, 0.1) is 13.8 Å². The molecule has 2 aromatic carbocycles. The average Bonchev–Trinajstić information content (AvgIpc) is 2.52. The summed E-state index contributed by atoms with van der Waals surface area (Å²) in [7, 11) is 0. The zero-order valence-corrected chi connectivity index (χ0v) is 15.7. The smallest absolute Gasteiger partial charge is 0.251 e. The molecule has 1 amide bonds. The van der Waals surface area contributed by atoms with Crippen molar-refractivity contribution in [3.63, 3.8) is 0 Å². The first-order valence-electron chi connectivity index (χ1n) is 8.71. The molecule has 0 unspecified atom stereocenters. The standard InChI is InChI=1S/C22H29NO/c1-7-20(19-13-8-15(2)14-16(19)3)23-21(24)17-9-11-18(12-10-17)22(4,5)6/h8-14,20H,7H2,1-6H3,(H,23,24)/t20-/m1/s1. The summed E-state index contributed by atoms with van der Waals surface area (Å²) in [6.07, 6.45) is 0.871. The second kappa shape index (κ2) is 7.21. The van der Waals surface area contributed by atoms with Gasteiger partial charge < -0.3 is 5.32 Å². The molecule has 2 nitrogen and oxygen atoms in total.